The first-order valence-corrected chi connectivity index (χ1v) is 9.09. The third kappa shape index (κ3) is 2.68. The standard InChI is InChI=1S/C18H25N5O4/c1-7-10(3)22-11(4)12(5)23-14-15(19-17(22)23)20(6)18(26)21(16(14)25)9-13(24)27-8-2/h10H,7-9H2,1-6H3/t10-/m0/s1. The van der Waals surface area contributed by atoms with Gasteiger partial charge in [-0.1, -0.05) is 6.92 Å². The zero-order valence-corrected chi connectivity index (χ0v) is 16.6. The summed E-state index contributed by atoms with van der Waals surface area (Å²) in [5.41, 5.74) is 1.35. The topological polar surface area (TPSA) is 92.5 Å². The van der Waals surface area contributed by atoms with Crippen LogP contribution >= 0.6 is 0 Å². The Balaban J connectivity index is 2.42. The first kappa shape index (κ1) is 18.9. The smallest absolute Gasteiger partial charge is 0.333 e. The van der Waals surface area contributed by atoms with Crippen molar-refractivity contribution in [2.75, 3.05) is 6.61 Å². The maximum Gasteiger partial charge on any atom is 0.333 e. The Morgan fingerprint density at radius 3 is 2.44 bits per heavy atom. The molecule has 0 saturated carbocycles. The van der Waals surface area contributed by atoms with E-state index < -0.39 is 23.8 Å². The van der Waals surface area contributed by atoms with Crippen LogP contribution in [-0.2, 0) is 23.1 Å². The van der Waals surface area contributed by atoms with Crippen molar-refractivity contribution >= 4 is 22.9 Å². The van der Waals surface area contributed by atoms with E-state index in [0.717, 1.165) is 22.4 Å². The maximum absolute atomic E-state index is 13.1. The number of aryl methyl sites for hydroxylation is 2. The second-order valence-electron chi connectivity index (χ2n) is 6.76. The van der Waals surface area contributed by atoms with Gasteiger partial charge in [-0.25, -0.2) is 9.36 Å². The van der Waals surface area contributed by atoms with Gasteiger partial charge in [0.05, 0.1) is 6.61 Å². The van der Waals surface area contributed by atoms with Crippen LogP contribution in [0, 0.1) is 13.8 Å². The number of ether oxygens (including phenoxy) is 1. The van der Waals surface area contributed by atoms with Crippen molar-refractivity contribution in [1.82, 2.24) is 23.1 Å². The molecule has 0 saturated heterocycles. The van der Waals surface area contributed by atoms with Crippen molar-refractivity contribution in [3.8, 4) is 0 Å². The minimum atomic E-state index is -0.623. The van der Waals surface area contributed by atoms with Gasteiger partial charge in [0.15, 0.2) is 11.2 Å². The summed E-state index contributed by atoms with van der Waals surface area (Å²) in [5, 5.41) is 0. The Bertz CT molecular complexity index is 1160. The molecule has 0 fully saturated rings. The molecule has 0 aromatic carbocycles. The highest BCUT2D eigenvalue weighted by molar-refractivity contribution is 5.77. The number of carbonyl (C=O) groups is 1. The van der Waals surface area contributed by atoms with E-state index in [1.54, 1.807) is 18.4 Å². The van der Waals surface area contributed by atoms with Crippen LogP contribution in [0.4, 0.5) is 0 Å². The summed E-state index contributed by atoms with van der Waals surface area (Å²) in [7, 11) is 1.55. The molecule has 0 aliphatic carbocycles. The Kier molecular flexibility index (Phi) is 4.71. The summed E-state index contributed by atoms with van der Waals surface area (Å²) in [6, 6.07) is 0.191. The summed E-state index contributed by atoms with van der Waals surface area (Å²) in [5.74, 6) is -0.00257. The fourth-order valence-corrected chi connectivity index (χ4v) is 3.46. The first-order chi connectivity index (χ1) is 12.7. The molecule has 0 unspecified atom stereocenters. The van der Waals surface area contributed by atoms with Crippen LogP contribution < -0.4 is 11.2 Å². The molecule has 9 heteroatoms. The Hall–Kier alpha value is -2.84. The lowest BCUT2D eigenvalue weighted by Crippen LogP contribution is -2.41. The summed E-state index contributed by atoms with van der Waals surface area (Å²) in [4.78, 5) is 42.2. The van der Waals surface area contributed by atoms with Crippen LogP contribution in [0.3, 0.4) is 0 Å². The van der Waals surface area contributed by atoms with Gasteiger partial charge < -0.3 is 9.30 Å². The van der Waals surface area contributed by atoms with E-state index in [-0.39, 0.29) is 12.6 Å². The molecule has 9 nitrogen and oxygen atoms in total. The fourth-order valence-electron chi connectivity index (χ4n) is 3.46. The van der Waals surface area contributed by atoms with Crippen molar-refractivity contribution in [2.24, 2.45) is 7.05 Å². The van der Waals surface area contributed by atoms with Crippen LogP contribution in [0.2, 0.25) is 0 Å². The number of nitrogens with zero attached hydrogens (tertiary/aromatic N) is 5. The Labute approximate surface area is 155 Å². The normalized spacial score (nSPS) is 12.8. The van der Waals surface area contributed by atoms with Crippen LogP contribution in [0.1, 0.15) is 44.6 Å². The average Bonchev–Trinajstić information content (AvgIpc) is 3.13. The molecule has 0 N–H and O–H groups in total. The van der Waals surface area contributed by atoms with Crippen LogP contribution in [0.25, 0.3) is 16.9 Å². The molecular formula is C18H25N5O4. The number of imidazole rings is 2. The zero-order valence-electron chi connectivity index (χ0n) is 16.6. The summed E-state index contributed by atoms with van der Waals surface area (Å²) < 4.78 is 11.0. The number of hydrogen-bond acceptors (Lipinski definition) is 5. The van der Waals surface area contributed by atoms with Gasteiger partial charge in [-0.15, -0.1) is 0 Å². The van der Waals surface area contributed by atoms with Gasteiger partial charge in [-0.05, 0) is 34.1 Å². The molecule has 0 spiro atoms. The quantitative estimate of drug-likeness (QED) is 0.627. The third-order valence-corrected chi connectivity index (χ3v) is 5.18. The lowest BCUT2D eigenvalue weighted by Gasteiger charge is -2.13. The molecule has 1 atom stereocenters. The Morgan fingerprint density at radius 2 is 1.85 bits per heavy atom. The fraction of sp³-hybridized carbons (Fsp3) is 0.556. The van der Waals surface area contributed by atoms with E-state index in [2.05, 4.69) is 23.4 Å². The second kappa shape index (κ2) is 6.71. The second-order valence-corrected chi connectivity index (χ2v) is 6.76. The van der Waals surface area contributed by atoms with Gasteiger partial charge in [-0.2, -0.15) is 4.98 Å². The monoisotopic (exact) mass is 375 g/mol. The van der Waals surface area contributed by atoms with Crippen molar-refractivity contribution in [2.45, 2.75) is 53.6 Å². The summed E-state index contributed by atoms with van der Waals surface area (Å²) >= 11 is 0. The molecule has 0 aliphatic heterocycles. The van der Waals surface area contributed by atoms with Gasteiger partial charge in [0, 0.05) is 24.5 Å². The van der Waals surface area contributed by atoms with E-state index in [4.69, 9.17) is 4.74 Å². The summed E-state index contributed by atoms with van der Waals surface area (Å²) in [6.45, 7) is 9.51. The highest BCUT2D eigenvalue weighted by Gasteiger charge is 2.24. The SMILES string of the molecule is CCOC(=O)Cn1c(=O)c2c(nc3n([C@@H](C)CC)c(C)c(C)n23)n(C)c1=O. The molecule has 0 aliphatic rings. The van der Waals surface area contributed by atoms with Gasteiger partial charge in [0.25, 0.3) is 5.56 Å². The minimum absolute atomic E-state index is 0.184. The van der Waals surface area contributed by atoms with Crippen LogP contribution in [-0.4, -0.2) is 35.7 Å². The predicted molar refractivity (Wildman–Crippen MR) is 101 cm³/mol. The lowest BCUT2D eigenvalue weighted by molar-refractivity contribution is -0.143. The number of hydrogen-bond donors (Lipinski definition) is 0. The van der Waals surface area contributed by atoms with Gasteiger partial charge in [-0.3, -0.25) is 18.6 Å². The zero-order chi connectivity index (χ0) is 20.0. The molecule has 3 heterocycles. The third-order valence-electron chi connectivity index (χ3n) is 5.18. The molecule has 27 heavy (non-hydrogen) atoms. The van der Waals surface area contributed by atoms with E-state index in [1.165, 1.54) is 4.57 Å². The van der Waals surface area contributed by atoms with Gasteiger partial charge >= 0.3 is 11.7 Å². The molecule has 146 valence electrons. The van der Waals surface area contributed by atoms with E-state index in [1.807, 2.05) is 13.8 Å². The molecule has 0 amide bonds. The van der Waals surface area contributed by atoms with E-state index in [0.29, 0.717) is 16.9 Å². The van der Waals surface area contributed by atoms with Crippen molar-refractivity contribution in [3.05, 3.63) is 32.2 Å². The minimum Gasteiger partial charge on any atom is -0.465 e. The Morgan fingerprint density at radius 1 is 1.19 bits per heavy atom. The molecule has 3 aromatic rings. The molecular weight excluding hydrogens is 350 g/mol. The number of aromatic nitrogens is 5. The highest BCUT2D eigenvalue weighted by atomic mass is 16.5. The van der Waals surface area contributed by atoms with E-state index >= 15 is 0 Å². The molecule has 0 radical (unpaired) electrons. The number of rotatable bonds is 5. The van der Waals surface area contributed by atoms with Crippen LogP contribution in [0.15, 0.2) is 9.59 Å². The largest absolute Gasteiger partial charge is 0.465 e. The van der Waals surface area contributed by atoms with Crippen molar-refractivity contribution < 1.29 is 9.53 Å². The molecule has 3 aromatic heterocycles. The van der Waals surface area contributed by atoms with Gasteiger partial charge in [0.2, 0.25) is 5.78 Å². The predicted octanol–water partition coefficient (Wildman–Crippen LogP) is 1.30. The van der Waals surface area contributed by atoms with Gasteiger partial charge in [0.1, 0.15) is 6.54 Å². The summed E-state index contributed by atoms with van der Waals surface area (Å²) in [6.07, 6.45) is 0.903. The first-order valence-electron chi connectivity index (χ1n) is 9.09. The number of carbonyl (C=O) groups excluding carboxylic acids is 1. The maximum atomic E-state index is 13.1. The van der Waals surface area contributed by atoms with Crippen molar-refractivity contribution in [3.63, 3.8) is 0 Å². The average molecular weight is 375 g/mol. The molecule has 3 rings (SSSR count). The number of esters is 1. The highest BCUT2D eigenvalue weighted by Crippen LogP contribution is 2.25. The number of fused-ring (bicyclic) bond motifs is 3. The van der Waals surface area contributed by atoms with Crippen LogP contribution in [0.5, 0.6) is 0 Å². The van der Waals surface area contributed by atoms with E-state index in [9.17, 15) is 14.4 Å². The lowest BCUT2D eigenvalue weighted by atomic mass is 10.2. The van der Waals surface area contributed by atoms with Crippen molar-refractivity contribution in [1.29, 1.82) is 0 Å². The molecule has 0 bridgehead atoms.